The van der Waals surface area contributed by atoms with Gasteiger partial charge in [-0.05, 0) is 13.0 Å². The monoisotopic (exact) mass is 265 g/mol. The Hall–Kier alpha value is -1.99. The molecular formula is C11H11N3O3S. The molecule has 1 atom stereocenters. The van der Waals surface area contributed by atoms with Crippen LogP contribution < -0.4 is 5.32 Å². The van der Waals surface area contributed by atoms with Crippen LogP contribution in [0.4, 0.5) is 5.13 Å². The van der Waals surface area contributed by atoms with E-state index in [4.69, 9.17) is 0 Å². The topological polar surface area (TPSA) is 95.3 Å². The summed E-state index contributed by atoms with van der Waals surface area (Å²) in [5, 5.41) is 23.4. The van der Waals surface area contributed by atoms with Gasteiger partial charge in [-0.3, -0.25) is 15.1 Å². The zero-order valence-electron chi connectivity index (χ0n) is 9.49. The molecule has 0 radical (unpaired) electrons. The van der Waals surface area contributed by atoms with Gasteiger partial charge in [-0.2, -0.15) is 0 Å². The number of hydrogen-bond acceptors (Lipinski definition) is 6. The van der Waals surface area contributed by atoms with Crippen molar-refractivity contribution in [1.82, 2.24) is 9.97 Å². The molecule has 2 heterocycles. The van der Waals surface area contributed by atoms with E-state index in [1.807, 2.05) is 0 Å². The highest BCUT2D eigenvalue weighted by Gasteiger charge is 2.13. The lowest BCUT2D eigenvalue weighted by molar-refractivity contribution is 0.102. The van der Waals surface area contributed by atoms with Crippen LogP contribution in [0.2, 0.25) is 0 Å². The third-order valence-electron chi connectivity index (χ3n) is 2.22. The van der Waals surface area contributed by atoms with Crippen LogP contribution in [0, 0.1) is 0 Å². The van der Waals surface area contributed by atoms with E-state index in [-0.39, 0.29) is 11.3 Å². The smallest absolute Gasteiger partial charge is 0.261 e. The molecule has 0 saturated carbocycles. The second-order valence-corrected chi connectivity index (χ2v) is 4.46. The Bertz CT molecular complexity index is 568. The Morgan fingerprint density at radius 1 is 1.56 bits per heavy atom. The number of aliphatic hydroxyl groups excluding tert-OH is 1. The van der Waals surface area contributed by atoms with Crippen LogP contribution in [0.5, 0.6) is 5.75 Å². The number of rotatable bonds is 3. The van der Waals surface area contributed by atoms with E-state index in [0.29, 0.717) is 10.8 Å². The number of nitrogens with zero attached hydrogens (tertiary/aromatic N) is 2. The van der Waals surface area contributed by atoms with Crippen LogP contribution in [0.1, 0.15) is 29.1 Å². The highest BCUT2D eigenvalue weighted by molar-refractivity contribution is 7.14. The van der Waals surface area contributed by atoms with Gasteiger partial charge in [0.1, 0.15) is 5.75 Å². The number of anilines is 1. The van der Waals surface area contributed by atoms with Crippen LogP contribution in [0.15, 0.2) is 23.8 Å². The standard InChI is InChI=1S/C11H11N3O3S/c1-6(15)8-5-18-11(13-8)14-10(17)7-2-3-12-4-9(7)16/h2-6,15-16H,1H3,(H,13,14,17). The van der Waals surface area contributed by atoms with Crippen molar-refractivity contribution in [1.29, 1.82) is 0 Å². The van der Waals surface area contributed by atoms with Gasteiger partial charge in [-0.25, -0.2) is 4.98 Å². The van der Waals surface area contributed by atoms with Crippen LogP contribution in [-0.4, -0.2) is 26.1 Å². The van der Waals surface area contributed by atoms with Gasteiger partial charge in [0.25, 0.3) is 5.91 Å². The number of carbonyl (C=O) groups is 1. The number of pyridine rings is 1. The SMILES string of the molecule is CC(O)c1csc(NC(=O)c2ccncc2O)n1. The van der Waals surface area contributed by atoms with Gasteiger partial charge >= 0.3 is 0 Å². The van der Waals surface area contributed by atoms with Crippen LogP contribution in [-0.2, 0) is 0 Å². The second-order valence-electron chi connectivity index (χ2n) is 3.60. The predicted molar refractivity (Wildman–Crippen MR) is 66.6 cm³/mol. The number of amides is 1. The van der Waals surface area contributed by atoms with Gasteiger partial charge in [0.05, 0.1) is 23.6 Å². The average molecular weight is 265 g/mol. The summed E-state index contributed by atoms with van der Waals surface area (Å²) in [7, 11) is 0. The van der Waals surface area contributed by atoms with E-state index in [2.05, 4.69) is 15.3 Å². The number of thiazole rings is 1. The largest absolute Gasteiger partial charge is 0.505 e. The van der Waals surface area contributed by atoms with E-state index in [9.17, 15) is 15.0 Å². The molecule has 3 N–H and O–H groups in total. The first-order valence-electron chi connectivity index (χ1n) is 5.15. The second kappa shape index (κ2) is 5.11. The summed E-state index contributed by atoms with van der Waals surface area (Å²) in [6.07, 6.45) is 1.93. The summed E-state index contributed by atoms with van der Waals surface area (Å²) in [6, 6.07) is 1.41. The molecule has 2 aromatic heterocycles. The van der Waals surface area contributed by atoms with Crippen molar-refractivity contribution in [3.63, 3.8) is 0 Å². The fourth-order valence-electron chi connectivity index (χ4n) is 1.28. The highest BCUT2D eigenvalue weighted by Crippen LogP contribution is 2.22. The van der Waals surface area contributed by atoms with Gasteiger partial charge < -0.3 is 10.2 Å². The summed E-state index contributed by atoms with van der Waals surface area (Å²) in [4.78, 5) is 19.5. The maximum atomic E-state index is 11.8. The molecule has 0 aliphatic rings. The molecule has 1 unspecified atom stereocenters. The van der Waals surface area contributed by atoms with E-state index < -0.39 is 12.0 Å². The Morgan fingerprint density at radius 2 is 2.33 bits per heavy atom. The number of nitrogens with one attached hydrogen (secondary N) is 1. The first-order valence-corrected chi connectivity index (χ1v) is 6.03. The molecule has 6 nitrogen and oxygen atoms in total. The van der Waals surface area contributed by atoms with Crippen LogP contribution in [0.3, 0.4) is 0 Å². The van der Waals surface area contributed by atoms with Crippen molar-refractivity contribution in [3.8, 4) is 5.75 Å². The van der Waals surface area contributed by atoms with Gasteiger partial charge in [-0.15, -0.1) is 11.3 Å². The minimum absolute atomic E-state index is 0.124. The van der Waals surface area contributed by atoms with Crippen molar-refractivity contribution in [2.75, 3.05) is 5.32 Å². The fraction of sp³-hybridized carbons (Fsp3) is 0.182. The third kappa shape index (κ3) is 2.63. The Kier molecular flexibility index (Phi) is 3.54. The highest BCUT2D eigenvalue weighted by atomic mass is 32.1. The van der Waals surface area contributed by atoms with Gasteiger partial charge in [0.2, 0.25) is 0 Å². The first kappa shape index (κ1) is 12.5. The van der Waals surface area contributed by atoms with Crippen LogP contribution in [0.25, 0.3) is 0 Å². The van der Waals surface area contributed by atoms with Crippen molar-refractivity contribution in [3.05, 3.63) is 35.1 Å². The van der Waals surface area contributed by atoms with E-state index in [1.54, 1.807) is 12.3 Å². The lowest BCUT2D eigenvalue weighted by Gasteiger charge is -2.03. The molecule has 2 aromatic rings. The van der Waals surface area contributed by atoms with Crippen molar-refractivity contribution in [2.24, 2.45) is 0 Å². The minimum atomic E-state index is -0.679. The van der Waals surface area contributed by atoms with Crippen LogP contribution >= 0.6 is 11.3 Å². The lowest BCUT2D eigenvalue weighted by Crippen LogP contribution is -2.12. The molecule has 0 fully saturated rings. The average Bonchev–Trinajstić information content (AvgIpc) is 2.78. The molecule has 18 heavy (non-hydrogen) atoms. The van der Waals surface area contributed by atoms with Gasteiger partial charge in [0.15, 0.2) is 5.13 Å². The van der Waals surface area contributed by atoms with E-state index in [1.165, 1.54) is 29.8 Å². The number of aromatic nitrogens is 2. The number of aliphatic hydroxyl groups is 1. The Morgan fingerprint density at radius 3 is 2.94 bits per heavy atom. The molecule has 1 amide bonds. The normalized spacial score (nSPS) is 12.1. The lowest BCUT2D eigenvalue weighted by atomic mass is 10.2. The zero-order valence-corrected chi connectivity index (χ0v) is 10.3. The quantitative estimate of drug-likeness (QED) is 0.782. The van der Waals surface area contributed by atoms with Crippen molar-refractivity contribution in [2.45, 2.75) is 13.0 Å². The molecule has 94 valence electrons. The zero-order chi connectivity index (χ0) is 13.1. The summed E-state index contributed by atoms with van der Waals surface area (Å²) < 4.78 is 0. The molecule has 0 saturated heterocycles. The third-order valence-corrected chi connectivity index (χ3v) is 2.99. The molecule has 2 rings (SSSR count). The first-order chi connectivity index (χ1) is 8.58. The van der Waals surface area contributed by atoms with E-state index >= 15 is 0 Å². The Labute approximate surface area is 107 Å². The molecule has 7 heteroatoms. The Balaban J connectivity index is 2.14. The number of hydrogen-bond donors (Lipinski definition) is 3. The summed E-state index contributed by atoms with van der Waals surface area (Å²) in [5.74, 6) is -0.663. The maximum Gasteiger partial charge on any atom is 0.261 e. The summed E-state index contributed by atoms with van der Waals surface area (Å²) in [5.41, 5.74) is 0.619. The maximum absolute atomic E-state index is 11.8. The van der Waals surface area contributed by atoms with Crippen molar-refractivity contribution >= 4 is 22.4 Å². The number of carbonyl (C=O) groups excluding carboxylic acids is 1. The summed E-state index contributed by atoms with van der Waals surface area (Å²) >= 11 is 1.21. The van der Waals surface area contributed by atoms with Crippen molar-refractivity contribution < 1.29 is 15.0 Å². The molecule has 0 spiro atoms. The van der Waals surface area contributed by atoms with Gasteiger partial charge in [0, 0.05) is 11.6 Å². The molecule has 0 bridgehead atoms. The van der Waals surface area contributed by atoms with E-state index in [0.717, 1.165) is 0 Å². The minimum Gasteiger partial charge on any atom is -0.505 e. The molecule has 0 aliphatic heterocycles. The predicted octanol–water partition coefficient (Wildman–Crippen LogP) is 1.55. The molecule has 0 aromatic carbocycles. The summed E-state index contributed by atoms with van der Waals surface area (Å²) in [6.45, 7) is 1.59. The number of aromatic hydroxyl groups is 1. The van der Waals surface area contributed by atoms with Gasteiger partial charge in [-0.1, -0.05) is 0 Å². The molecule has 0 aliphatic carbocycles. The molecular weight excluding hydrogens is 254 g/mol. The fourth-order valence-corrected chi connectivity index (χ4v) is 2.07.